The number of carbonyl (C=O) groups excluding carboxylic acids is 1. The second-order valence-corrected chi connectivity index (χ2v) is 9.42. The molecule has 0 saturated heterocycles. The number of halogens is 2. The summed E-state index contributed by atoms with van der Waals surface area (Å²) in [5, 5.41) is 0. The van der Waals surface area contributed by atoms with Gasteiger partial charge in [0.1, 0.15) is 5.75 Å². The van der Waals surface area contributed by atoms with Crippen LogP contribution in [0.5, 0.6) is 11.5 Å². The first-order valence-corrected chi connectivity index (χ1v) is 13.6. The molecule has 0 saturated carbocycles. The van der Waals surface area contributed by atoms with E-state index in [1.807, 2.05) is 12.1 Å². The van der Waals surface area contributed by atoms with Crippen molar-refractivity contribution in [1.82, 2.24) is 0 Å². The average Bonchev–Trinajstić information content (AvgIpc) is 2.92. The minimum absolute atomic E-state index is 0.0797. The summed E-state index contributed by atoms with van der Waals surface area (Å²) >= 11 is 0. The van der Waals surface area contributed by atoms with Crippen molar-refractivity contribution in [2.45, 2.75) is 78.1 Å². The molecular weight excluding hydrogens is 470 g/mol. The summed E-state index contributed by atoms with van der Waals surface area (Å²) in [7, 11) is 0. The van der Waals surface area contributed by atoms with Crippen molar-refractivity contribution in [3.05, 3.63) is 83.4 Å². The van der Waals surface area contributed by atoms with Gasteiger partial charge in [0.05, 0.1) is 12.2 Å². The van der Waals surface area contributed by atoms with Crippen LogP contribution in [0.3, 0.4) is 0 Å². The van der Waals surface area contributed by atoms with Crippen LogP contribution < -0.4 is 9.47 Å². The number of hydrogen-bond acceptors (Lipinski definition) is 3. The van der Waals surface area contributed by atoms with Crippen LogP contribution in [-0.4, -0.2) is 12.6 Å². The largest absolute Gasteiger partial charge is 0.490 e. The molecule has 0 atom stereocenters. The summed E-state index contributed by atoms with van der Waals surface area (Å²) in [6, 6.07) is 16.8. The number of unbranched alkanes of at least 4 members (excludes halogenated alkanes) is 7. The second kappa shape index (κ2) is 15.1. The van der Waals surface area contributed by atoms with Crippen molar-refractivity contribution in [1.29, 1.82) is 0 Å². The summed E-state index contributed by atoms with van der Waals surface area (Å²) in [5.74, 6) is -2.07. The molecule has 198 valence electrons. The van der Waals surface area contributed by atoms with Crippen LogP contribution in [0, 0.1) is 11.6 Å². The van der Waals surface area contributed by atoms with Crippen molar-refractivity contribution in [2.24, 2.45) is 0 Å². The summed E-state index contributed by atoms with van der Waals surface area (Å²) in [6.45, 7) is 4.70. The molecule has 0 aliphatic rings. The molecule has 0 spiro atoms. The predicted octanol–water partition coefficient (Wildman–Crippen LogP) is 9.32. The Morgan fingerprint density at radius 3 is 2.03 bits per heavy atom. The van der Waals surface area contributed by atoms with E-state index in [4.69, 9.17) is 9.47 Å². The first-order chi connectivity index (χ1) is 18.0. The number of hydrogen-bond donors (Lipinski definition) is 0. The fourth-order valence-electron chi connectivity index (χ4n) is 4.19. The lowest BCUT2D eigenvalue weighted by Gasteiger charge is -2.11. The maximum atomic E-state index is 14.8. The molecule has 0 unspecified atom stereocenters. The third kappa shape index (κ3) is 8.70. The number of rotatable bonds is 15. The molecule has 0 aromatic heterocycles. The monoisotopic (exact) mass is 508 g/mol. The Hall–Kier alpha value is -3.21. The van der Waals surface area contributed by atoms with Crippen LogP contribution in [0.4, 0.5) is 8.78 Å². The van der Waals surface area contributed by atoms with Crippen LogP contribution in [0.1, 0.15) is 87.6 Å². The lowest BCUT2D eigenvalue weighted by Crippen LogP contribution is -2.08. The lowest BCUT2D eigenvalue weighted by atomic mass is 10.0. The lowest BCUT2D eigenvalue weighted by molar-refractivity contribution is 0.0734. The van der Waals surface area contributed by atoms with Gasteiger partial charge in [0.25, 0.3) is 0 Å². The van der Waals surface area contributed by atoms with Crippen LogP contribution in [0.15, 0.2) is 60.7 Å². The fraction of sp³-hybridized carbons (Fsp3) is 0.406. The predicted molar refractivity (Wildman–Crippen MR) is 145 cm³/mol. The van der Waals surface area contributed by atoms with E-state index in [-0.39, 0.29) is 11.3 Å². The van der Waals surface area contributed by atoms with E-state index in [1.165, 1.54) is 43.4 Å². The molecule has 0 N–H and O–H groups in total. The van der Waals surface area contributed by atoms with Crippen molar-refractivity contribution < 1.29 is 23.0 Å². The molecule has 5 heteroatoms. The first kappa shape index (κ1) is 28.4. The maximum Gasteiger partial charge on any atom is 0.343 e. The van der Waals surface area contributed by atoms with Gasteiger partial charge in [-0.25, -0.2) is 9.18 Å². The van der Waals surface area contributed by atoms with E-state index in [0.29, 0.717) is 23.5 Å². The molecule has 0 aliphatic heterocycles. The van der Waals surface area contributed by atoms with Gasteiger partial charge >= 0.3 is 5.97 Å². The Kier molecular flexibility index (Phi) is 11.6. The molecule has 0 heterocycles. The smallest absolute Gasteiger partial charge is 0.343 e. The highest BCUT2D eigenvalue weighted by atomic mass is 19.2. The minimum atomic E-state index is -0.997. The molecule has 3 rings (SSSR count). The number of aryl methyl sites for hydroxylation is 1. The zero-order chi connectivity index (χ0) is 26.5. The molecule has 0 bridgehead atoms. The van der Waals surface area contributed by atoms with Gasteiger partial charge in [-0.15, -0.1) is 0 Å². The number of ether oxygens (including phenoxy) is 2. The van der Waals surface area contributed by atoms with Gasteiger partial charge in [0.2, 0.25) is 5.82 Å². The van der Waals surface area contributed by atoms with Crippen LogP contribution >= 0.6 is 0 Å². The van der Waals surface area contributed by atoms with E-state index >= 15 is 0 Å². The van der Waals surface area contributed by atoms with Crippen molar-refractivity contribution in [3.63, 3.8) is 0 Å². The third-order valence-corrected chi connectivity index (χ3v) is 6.44. The van der Waals surface area contributed by atoms with Gasteiger partial charge in [0.15, 0.2) is 11.6 Å². The molecule has 0 radical (unpaired) electrons. The van der Waals surface area contributed by atoms with E-state index in [0.717, 1.165) is 38.5 Å². The normalized spacial score (nSPS) is 10.9. The molecule has 3 aromatic carbocycles. The van der Waals surface area contributed by atoms with E-state index in [9.17, 15) is 13.6 Å². The maximum absolute atomic E-state index is 14.8. The first-order valence-electron chi connectivity index (χ1n) is 13.6. The van der Waals surface area contributed by atoms with Gasteiger partial charge in [0, 0.05) is 5.56 Å². The summed E-state index contributed by atoms with van der Waals surface area (Å²) in [5.41, 5.74) is 2.13. The van der Waals surface area contributed by atoms with E-state index in [2.05, 4.69) is 13.8 Å². The Bertz CT molecular complexity index is 1110. The quantitative estimate of drug-likeness (QED) is 0.117. The van der Waals surface area contributed by atoms with Crippen LogP contribution in [0.2, 0.25) is 0 Å². The molecule has 3 aromatic rings. The Balaban J connectivity index is 1.56. The van der Waals surface area contributed by atoms with Gasteiger partial charge in [-0.3, -0.25) is 0 Å². The zero-order valence-electron chi connectivity index (χ0n) is 22.0. The van der Waals surface area contributed by atoms with E-state index in [1.54, 1.807) is 36.4 Å². The summed E-state index contributed by atoms with van der Waals surface area (Å²) < 4.78 is 40.3. The standard InChI is InChI=1S/C32H38F2O3/c1-3-5-7-9-11-23-36-29-22-21-28(30(33)31(29)34)25-15-17-26(18-16-25)32(35)37-27-19-13-24(14-20-27)12-10-8-6-4-2/h13-22H,3-12,23H2,1-2H3. The fourth-order valence-corrected chi connectivity index (χ4v) is 4.19. The second-order valence-electron chi connectivity index (χ2n) is 9.42. The minimum Gasteiger partial charge on any atom is -0.490 e. The zero-order valence-corrected chi connectivity index (χ0v) is 22.0. The number of esters is 1. The molecular formula is C32H38F2O3. The summed E-state index contributed by atoms with van der Waals surface area (Å²) in [4.78, 5) is 12.6. The molecule has 0 amide bonds. The third-order valence-electron chi connectivity index (χ3n) is 6.44. The van der Waals surface area contributed by atoms with Gasteiger partial charge in [-0.2, -0.15) is 4.39 Å². The Morgan fingerprint density at radius 2 is 1.35 bits per heavy atom. The molecule has 37 heavy (non-hydrogen) atoms. The molecule has 0 fully saturated rings. The molecule has 0 aliphatic carbocycles. The Morgan fingerprint density at radius 1 is 0.703 bits per heavy atom. The summed E-state index contributed by atoms with van der Waals surface area (Å²) in [6.07, 6.45) is 11.1. The highest BCUT2D eigenvalue weighted by Gasteiger charge is 2.17. The van der Waals surface area contributed by atoms with Gasteiger partial charge < -0.3 is 9.47 Å². The Labute approximate surface area is 219 Å². The highest BCUT2D eigenvalue weighted by molar-refractivity contribution is 5.91. The SMILES string of the molecule is CCCCCCCOc1ccc(-c2ccc(C(=O)Oc3ccc(CCCCCC)cc3)cc2)c(F)c1F. The van der Waals surface area contributed by atoms with Gasteiger partial charge in [-0.1, -0.05) is 83.1 Å². The van der Waals surface area contributed by atoms with Crippen LogP contribution in [-0.2, 0) is 6.42 Å². The van der Waals surface area contributed by atoms with Gasteiger partial charge in [-0.05, 0) is 66.8 Å². The average molecular weight is 509 g/mol. The van der Waals surface area contributed by atoms with Crippen molar-refractivity contribution >= 4 is 5.97 Å². The highest BCUT2D eigenvalue weighted by Crippen LogP contribution is 2.30. The van der Waals surface area contributed by atoms with Crippen LogP contribution in [0.25, 0.3) is 11.1 Å². The van der Waals surface area contributed by atoms with Crippen molar-refractivity contribution in [2.75, 3.05) is 6.61 Å². The van der Waals surface area contributed by atoms with Crippen molar-refractivity contribution in [3.8, 4) is 22.6 Å². The number of benzene rings is 3. The molecule has 3 nitrogen and oxygen atoms in total. The topological polar surface area (TPSA) is 35.5 Å². The van der Waals surface area contributed by atoms with E-state index < -0.39 is 17.6 Å². The number of carbonyl (C=O) groups is 1.